The molecule has 0 bridgehead atoms. The summed E-state index contributed by atoms with van der Waals surface area (Å²) in [6.45, 7) is 4.31. The lowest BCUT2D eigenvalue weighted by atomic mass is 9.75. The van der Waals surface area contributed by atoms with E-state index < -0.39 is 11.5 Å². The lowest BCUT2D eigenvalue weighted by Crippen LogP contribution is -2.54. The van der Waals surface area contributed by atoms with Crippen LogP contribution in [-0.2, 0) is 19.1 Å². The van der Waals surface area contributed by atoms with Crippen molar-refractivity contribution in [3.8, 4) is 0 Å². The molecule has 6 nitrogen and oxygen atoms in total. The van der Waals surface area contributed by atoms with E-state index in [0.717, 1.165) is 12.8 Å². The Morgan fingerprint density at radius 2 is 2.22 bits per heavy atom. The minimum absolute atomic E-state index is 0.0130. The second-order valence-corrected chi connectivity index (χ2v) is 7.20. The van der Waals surface area contributed by atoms with Crippen LogP contribution in [0, 0.1) is 11.8 Å². The number of fused-ring (bicyclic) bond motifs is 3. The molecule has 4 rings (SSSR count). The fourth-order valence-corrected chi connectivity index (χ4v) is 5.05. The molecular weight excluding hydrogens is 298 g/mol. The highest BCUT2D eigenvalue weighted by atomic mass is 16.7. The molecule has 0 aliphatic carbocycles. The van der Waals surface area contributed by atoms with Gasteiger partial charge in [-0.05, 0) is 32.3 Å². The van der Waals surface area contributed by atoms with Gasteiger partial charge in [-0.3, -0.25) is 4.79 Å². The highest BCUT2D eigenvalue weighted by molar-refractivity contribution is 5.90. The minimum atomic E-state index is -1.18. The monoisotopic (exact) mass is 321 g/mol. The van der Waals surface area contributed by atoms with E-state index in [4.69, 9.17) is 9.47 Å². The van der Waals surface area contributed by atoms with Gasteiger partial charge in [0.15, 0.2) is 0 Å². The van der Waals surface area contributed by atoms with Crippen LogP contribution in [0.15, 0.2) is 11.6 Å². The number of hydrogen-bond donors (Lipinski definition) is 1. The zero-order valence-corrected chi connectivity index (χ0v) is 13.6. The number of ether oxygens (including phenoxy) is 2. The third kappa shape index (κ3) is 1.88. The molecule has 4 aliphatic heterocycles. The number of hydrogen-bond acceptors (Lipinski definition) is 5. The summed E-state index contributed by atoms with van der Waals surface area (Å²) >= 11 is 0. The predicted octanol–water partition coefficient (Wildman–Crippen LogP) is 1.33. The number of carbonyl (C=O) groups is 2. The number of amides is 1. The maximum atomic E-state index is 12.2. The highest BCUT2D eigenvalue weighted by Crippen LogP contribution is 2.56. The smallest absolute Gasteiger partial charge is 0.336 e. The van der Waals surface area contributed by atoms with Crippen LogP contribution in [0.1, 0.15) is 46.0 Å². The third-order valence-electron chi connectivity index (χ3n) is 6.00. The zero-order valence-electron chi connectivity index (χ0n) is 13.6. The van der Waals surface area contributed by atoms with Crippen LogP contribution in [0.4, 0.5) is 0 Å². The fraction of sp³-hybridized carbons (Fsp3) is 0.765. The Kier molecular flexibility index (Phi) is 3.16. The van der Waals surface area contributed by atoms with E-state index in [1.54, 1.807) is 17.9 Å². The van der Waals surface area contributed by atoms with E-state index in [9.17, 15) is 14.7 Å². The van der Waals surface area contributed by atoms with Gasteiger partial charge in [0.25, 0.3) is 0 Å². The summed E-state index contributed by atoms with van der Waals surface area (Å²) in [6, 6.07) is 0. The Bertz CT molecular complexity index is 602. The molecule has 3 saturated heterocycles. The molecule has 0 aromatic heterocycles. The molecular formula is C17H23NO5. The van der Waals surface area contributed by atoms with Crippen molar-refractivity contribution in [1.82, 2.24) is 4.90 Å². The van der Waals surface area contributed by atoms with Gasteiger partial charge in [0.05, 0.1) is 6.10 Å². The molecule has 4 aliphatic rings. The first kappa shape index (κ1) is 15.1. The molecule has 5 atom stereocenters. The summed E-state index contributed by atoms with van der Waals surface area (Å²) in [6.07, 6.45) is 4.64. The molecule has 0 unspecified atom stereocenters. The molecule has 0 aromatic carbocycles. The Morgan fingerprint density at radius 1 is 1.43 bits per heavy atom. The molecule has 4 heterocycles. The van der Waals surface area contributed by atoms with E-state index in [1.807, 2.05) is 6.92 Å². The molecule has 0 radical (unpaired) electrons. The van der Waals surface area contributed by atoms with Crippen LogP contribution in [0.5, 0.6) is 0 Å². The molecule has 0 saturated carbocycles. The van der Waals surface area contributed by atoms with Crippen molar-refractivity contribution in [1.29, 1.82) is 0 Å². The Hall–Kier alpha value is -1.40. The summed E-state index contributed by atoms with van der Waals surface area (Å²) < 4.78 is 11.8. The maximum absolute atomic E-state index is 12.2. The second-order valence-electron chi connectivity index (χ2n) is 7.20. The van der Waals surface area contributed by atoms with Gasteiger partial charge in [-0.25, -0.2) is 4.79 Å². The average Bonchev–Trinajstić information content (AvgIpc) is 3.03. The first-order valence-corrected chi connectivity index (χ1v) is 8.55. The van der Waals surface area contributed by atoms with Gasteiger partial charge < -0.3 is 19.5 Å². The zero-order chi connectivity index (χ0) is 16.4. The lowest BCUT2D eigenvalue weighted by Gasteiger charge is -2.41. The van der Waals surface area contributed by atoms with Crippen molar-refractivity contribution in [3.63, 3.8) is 0 Å². The Morgan fingerprint density at radius 3 is 2.87 bits per heavy atom. The number of rotatable bonds is 1. The quantitative estimate of drug-likeness (QED) is 0.738. The number of carbonyl (C=O) groups excluding carboxylic acids is 2. The first-order valence-electron chi connectivity index (χ1n) is 8.55. The van der Waals surface area contributed by atoms with Gasteiger partial charge in [0.1, 0.15) is 5.72 Å². The van der Waals surface area contributed by atoms with Crippen molar-refractivity contribution in [2.24, 2.45) is 11.8 Å². The van der Waals surface area contributed by atoms with Gasteiger partial charge >= 0.3 is 5.97 Å². The van der Waals surface area contributed by atoms with Gasteiger partial charge in [-0.15, -0.1) is 0 Å². The molecule has 1 N–H and O–H groups in total. The SMILES string of the molecule is CC[C@H]1[C@H]2[C@@H](CCCN3C(=O)CC[C@@]23O)O[C@]12C=C(C)C(=O)O2. The molecule has 6 heteroatoms. The topological polar surface area (TPSA) is 76.1 Å². The summed E-state index contributed by atoms with van der Waals surface area (Å²) in [5.41, 5.74) is -0.634. The van der Waals surface area contributed by atoms with Crippen LogP contribution in [0.2, 0.25) is 0 Å². The maximum Gasteiger partial charge on any atom is 0.336 e. The van der Waals surface area contributed by atoms with Crippen LogP contribution >= 0.6 is 0 Å². The van der Waals surface area contributed by atoms with Crippen LogP contribution < -0.4 is 0 Å². The van der Waals surface area contributed by atoms with Crippen LogP contribution in [-0.4, -0.2) is 46.0 Å². The Labute approximate surface area is 135 Å². The molecule has 3 fully saturated rings. The molecule has 1 spiro atoms. The first-order chi connectivity index (χ1) is 10.9. The predicted molar refractivity (Wildman–Crippen MR) is 79.9 cm³/mol. The minimum Gasteiger partial charge on any atom is -0.426 e. The highest BCUT2D eigenvalue weighted by Gasteiger charge is 2.66. The number of nitrogens with zero attached hydrogens (tertiary/aromatic N) is 1. The van der Waals surface area contributed by atoms with Gasteiger partial charge in [-0.2, -0.15) is 0 Å². The lowest BCUT2D eigenvalue weighted by molar-refractivity contribution is -0.204. The third-order valence-corrected chi connectivity index (χ3v) is 6.00. The fourth-order valence-electron chi connectivity index (χ4n) is 5.05. The van der Waals surface area contributed by atoms with Crippen LogP contribution in [0.25, 0.3) is 0 Å². The average molecular weight is 321 g/mol. The summed E-state index contributed by atoms with van der Waals surface area (Å²) in [7, 11) is 0. The van der Waals surface area contributed by atoms with E-state index in [0.29, 0.717) is 31.4 Å². The second kappa shape index (κ2) is 4.80. The summed E-state index contributed by atoms with van der Waals surface area (Å²) in [5, 5.41) is 11.4. The molecule has 0 aromatic rings. The van der Waals surface area contributed by atoms with Crippen molar-refractivity contribution in [3.05, 3.63) is 11.6 Å². The van der Waals surface area contributed by atoms with E-state index in [2.05, 4.69) is 0 Å². The van der Waals surface area contributed by atoms with Gasteiger partial charge in [0, 0.05) is 36.8 Å². The van der Waals surface area contributed by atoms with E-state index in [1.165, 1.54) is 0 Å². The van der Waals surface area contributed by atoms with Crippen molar-refractivity contribution in [2.75, 3.05) is 6.54 Å². The number of esters is 1. The molecule has 1 amide bonds. The van der Waals surface area contributed by atoms with Crippen molar-refractivity contribution >= 4 is 11.9 Å². The van der Waals surface area contributed by atoms with E-state index >= 15 is 0 Å². The Balaban J connectivity index is 1.78. The summed E-state index contributed by atoms with van der Waals surface area (Å²) in [5.74, 6) is -1.79. The molecule has 23 heavy (non-hydrogen) atoms. The summed E-state index contributed by atoms with van der Waals surface area (Å²) in [4.78, 5) is 25.8. The largest absolute Gasteiger partial charge is 0.426 e. The van der Waals surface area contributed by atoms with E-state index in [-0.39, 0.29) is 29.8 Å². The van der Waals surface area contributed by atoms with Crippen molar-refractivity contribution < 1.29 is 24.2 Å². The van der Waals surface area contributed by atoms with Crippen LogP contribution in [0.3, 0.4) is 0 Å². The van der Waals surface area contributed by atoms with Crippen molar-refractivity contribution in [2.45, 2.75) is 63.6 Å². The van der Waals surface area contributed by atoms with Gasteiger partial charge in [-0.1, -0.05) is 6.92 Å². The van der Waals surface area contributed by atoms with Gasteiger partial charge in [0.2, 0.25) is 11.7 Å². The molecule has 126 valence electrons. The normalized spacial score (nSPS) is 45.8. The standard InChI is InChI=1S/C17H23NO5/c1-3-11-14-12(22-17(11)9-10(2)15(20)23-17)5-4-8-18-13(19)6-7-16(14,18)21/h9,11-12,14,21H,3-8H2,1-2H3/t11-,12+,14-,16+,17-/m0/s1. The number of aliphatic hydroxyl groups is 1.